The monoisotopic (exact) mass is 420 g/mol. The zero-order chi connectivity index (χ0) is 20.1. The van der Waals surface area contributed by atoms with Crippen LogP contribution in [0.4, 0.5) is 26.3 Å². The van der Waals surface area contributed by atoms with E-state index in [1.807, 2.05) is 0 Å². The topological polar surface area (TPSA) is 83.6 Å². The Hall–Kier alpha value is -1.02. The standard InChI is InChI=1S/C9H17N.C2HF6NO4S2/c1-3-6-10-7-4-9(2)5-8-10;3-1(4,5)14(10,11)9-15(12,13)2(6,7)8/h3,6,9H,4-5,7-8H2,1-2H3;9H. The molecule has 0 bridgehead atoms. The van der Waals surface area contributed by atoms with Crippen LogP contribution in [0.2, 0.25) is 0 Å². The third-order valence-electron chi connectivity index (χ3n) is 3.01. The molecule has 0 aliphatic carbocycles. The molecule has 25 heavy (non-hydrogen) atoms. The van der Waals surface area contributed by atoms with E-state index in [-0.39, 0.29) is 0 Å². The molecule has 1 heterocycles. The van der Waals surface area contributed by atoms with Crippen molar-refractivity contribution in [2.75, 3.05) is 13.1 Å². The first-order chi connectivity index (χ1) is 11.0. The summed E-state index contributed by atoms with van der Waals surface area (Å²) in [6, 6.07) is 0. The minimum atomic E-state index is -6.60. The summed E-state index contributed by atoms with van der Waals surface area (Å²) in [5, 5.41) is 0. The Morgan fingerprint density at radius 3 is 1.56 bits per heavy atom. The number of nitrogens with one attached hydrogen (secondary N) is 1. The van der Waals surface area contributed by atoms with E-state index in [0.29, 0.717) is 0 Å². The molecule has 1 fully saturated rings. The van der Waals surface area contributed by atoms with Crippen molar-refractivity contribution in [3.8, 4) is 0 Å². The summed E-state index contributed by atoms with van der Waals surface area (Å²) < 4.78 is 108. The van der Waals surface area contributed by atoms with Gasteiger partial charge in [0.25, 0.3) is 0 Å². The van der Waals surface area contributed by atoms with Gasteiger partial charge in [-0.2, -0.15) is 26.3 Å². The van der Waals surface area contributed by atoms with E-state index in [4.69, 9.17) is 0 Å². The van der Waals surface area contributed by atoms with Crippen LogP contribution < -0.4 is 4.13 Å². The summed E-state index contributed by atoms with van der Waals surface area (Å²) in [5.74, 6) is 0.946. The molecule has 0 saturated carbocycles. The highest BCUT2D eigenvalue weighted by molar-refractivity contribution is 8.05. The molecule has 0 unspecified atom stereocenters. The minimum absolute atomic E-state index is 0.493. The first-order valence-corrected chi connectivity index (χ1v) is 9.78. The summed E-state index contributed by atoms with van der Waals surface area (Å²) >= 11 is 0. The van der Waals surface area contributed by atoms with Crippen LogP contribution in [0.25, 0.3) is 0 Å². The van der Waals surface area contributed by atoms with Crippen LogP contribution in [0.1, 0.15) is 26.7 Å². The number of rotatable bonds is 3. The van der Waals surface area contributed by atoms with Crippen LogP contribution in [0.3, 0.4) is 0 Å². The molecule has 1 N–H and O–H groups in total. The quantitative estimate of drug-likeness (QED) is 0.710. The van der Waals surface area contributed by atoms with Gasteiger partial charge in [-0.05, 0) is 31.9 Å². The average Bonchev–Trinajstić information content (AvgIpc) is 2.38. The van der Waals surface area contributed by atoms with Crippen molar-refractivity contribution in [1.82, 2.24) is 9.03 Å². The molecule has 0 atom stereocenters. The van der Waals surface area contributed by atoms with Crippen LogP contribution in [-0.4, -0.2) is 45.8 Å². The van der Waals surface area contributed by atoms with E-state index < -0.39 is 35.2 Å². The second-order valence-electron chi connectivity index (χ2n) is 5.18. The van der Waals surface area contributed by atoms with E-state index >= 15 is 0 Å². The average molecular weight is 420 g/mol. The third kappa shape index (κ3) is 7.81. The van der Waals surface area contributed by atoms with Crippen molar-refractivity contribution < 1.29 is 43.2 Å². The molecule has 6 nitrogen and oxygen atoms in total. The molecule has 150 valence electrons. The van der Waals surface area contributed by atoms with Crippen LogP contribution in [0, 0.1) is 5.92 Å². The minimum Gasteiger partial charge on any atom is -0.378 e. The first kappa shape index (κ1) is 24.0. The number of allylic oxidation sites excluding steroid dienone is 1. The maximum Gasteiger partial charge on any atom is 0.512 e. The van der Waals surface area contributed by atoms with Crippen molar-refractivity contribution in [2.24, 2.45) is 5.92 Å². The number of nitrogens with zero attached hydrogens (tertiary/aromatic N) is 1. The molecule has 0 amide bonds. The fourth-order valence-electron chi connectivity index (χ4n) is 1.63. The van der Waals surface area contributed by atoms with Gasteiger partial charge in [0.1, 0.15) is 0 Å². The lowest BCUT2D eigenvalue weighted by atomic mass is 10.00. The molecule has 0 spiro atoms. The molecule has 1 saturated heterocycles. The Morgan fingerprint density at radius 2 is 1.28 bits per heavy atom. The van der Waals surface area contributed by atoms with Crippen molar-refractivity contribution in [2.45, 2.75) is 37.7 Å². The Morgan fingerprint density at radius 1 is 0.920 bits per heavy atom. The fourth-order valence-corrected chi connectivity index (χ4v) is 3.54. The second-order valence-corrected chi connectivity index (χ2v) is 8.79. The van der Waals surface area contributed by atoms with Gasteiger partial charge in [-0.15, -0.1) is 0 Å². The predicted molar refractivity (Wildman–Crippen MR) is 77.9 cm³/mol. The smallest absolute Gasteiger partial charge is 0.378 e. The highest BCUT2D eigenvalue weighted by Crippen LogP contribution is 2.27. The maximum absolute atomic E-state index is 11.5. The number of alkyl halides is 6. The van der Waals surface area contributed by atoms with E-state index in [1.165, 1.54) is 25.9 Å². The Balaban J connectivity index is 0.000000496. The lowest BCUT2D eigenvalue weighted by Gasteiger charge is -2.28. The summed E-state index contributed by atoms with van der Waals surface area (Å²) in [4.78, 5) is 2.40. The van der Waals surface area contributed by atoms with E-state index in [2.05, 4.69) is 31.0 Å². The number of halogens is 6. The van der Waals surface area contributed by atoms with Crippen molar-refractivity contribution in [3.05, 3.63) is 12.3 Å². The van der Waals surface area contributed by atoms with Gasteiger partial charge in [-0.1, -0.05) is 17.1 Å². The van der Waals surface area contributed by atoms with Gasteiger partial charge in [0.15, 0.2) is 0 Å². The highest BCUT2D eigenvalue weighted by atomic mass is 32.3. The Kier molecular flexibility index (Phi) is 8.23. The molecular formula is C11H18F6N2O4S2. The molecule has 0 aromatic carbocycles. The van der Waals surface area contributed by atoms with Crippen LogP contribution >= 0.6 is 0 Å². The maximum atomic E-state index is 11.5. The molecule has 1 rings (SSSR count). The lowest BCUT2D eigenvalue weighted by molar-refractivity contribution is -0.0476. The van der Waals surface area contributed by atoms with Crippen molar-refractivity contribution >= 4 is 20.0 Å². The highest BCUT2D eigenvalue weighted by Gasteiger charge is 2.55. The molecule has 0 aromatic rings. The number of piperidine rings is 1. The van der Waals surface area contributed by atoms with Gasteiger partial charge in [0.05, 0.1) is 0 Å². The van der Waals surface area contributed by atoms with Gasteiger partial charge >= 0.3 is 31.1 Å². The summed E-state index contributed by atoms with van der Waals surface area (Å²) in [6.45, 7) is 6.93. The number of likely N-dealkylation sites (tertiary alicyclic amines) is 1. The number of sulfonamides is 2. The fraction of sp³-hybridized carbons (Fsp3) is 0.818. The van der Waals surface area contributed by atoms with E-state index in [0.717, 1.165) is 5.92 Å². The predicted octanol–water partition coefficient (Wildman–Crippen LogP) is 2.53. The Labute approximate surface area is 142 Å². The largest absolute Gasteiger partial charge is 0.512 e. The van der Waals surface area contributed by atoms with Gasteiger partial charge in [0.2, 0.25) is 0 Å². The lowest BCUT2D eigenvalue weighted by Crippen LogP contribution is -2.45. The van der Waals surface area contributed by atoms with Crippen molar-refractivity contribution in [3.63, 3.8) is 0 Å². The molecule has 0 aromatic heterocycles. The molecule has 14 heteroatoms. The molecule has 1 aliphatic heterocycles. The number of hydrogen-bond acceptors (Lipinski definition) is 5. The SMILES string of the molecule is CC=CN1CCC(C)CC1.O=S(=O)(NS(=O)(=O)C(F)(F)F)C(F)(F)F. The number of hydrogen-bond donors (Lipinski definition) is 1. The Bertz CT molecular complexity index is 605. The summed E-state index contributed by atoms with van der Waals surface area (Å²) in [6.07, 6.45) is 7.05. The van der Waals surface area contributed by atoms with Crippen molar-refractivity contribution in [1.29, 1.82) is 0 Å². The van der Waals surface area contributed by atoms with Crippen LogP contribution in [0.5, 0.6) is 0 Å². The second kappa shape index (κ2) is 8.58. The van der Waals surface area contributed by atoms with Gasteiger partial charge in [-0.25, -0.2) is 16.8 Å². The third-order valence-corrected chi connectivity index (χ3v) is 5.98. The normalized spacial score (nSPS) is 18.2. The zero-order valence-corrected chi connectivity index (χ0v) is 14.9. The molecule has 0 radical (unpaired) electrons. The zero-order valence-electron chi connectivity index (χ0n) is 13.2. The molecule has 1 aliphatic rings. The van der Waals surface area contributed by atoms with Crippen LogP contribution in [-0.2, 0) is 20.0 Å². The van der Waals surface area contributed by atoms with Gasteiger partial charge < -0.3 is 4.90 Å². The van der Waals surface area contributed by atoms with E-state index in [9.17, 15) is 43.2 Å². The molecular weight excluding hydrogens is 402 g/mol. The summed E-state index contributed by atoms with van der Waals surface area (Å²) in [7, 11) is -13.2. The van der Waals surface area contributed by atoms with Crippen LogP contribution in [0.15, 0.2) is 12.3 Å². The van der Waals surface area contributed by atoms with Gasteiger partial charge in [0, 0.05) is 13.1 Å². The van der Waals surface area contributed by atoms with E-state index in [1.54, 1.807) is 0 Å². The summed E-state index contributed by atoms with van der Waals surface area (Å²) in [5.41, 5.74) is -12.3. The first-order valence-electron chi connectivity index (χ1n) is 6.81. The van der Waals surface area contributed by atoms with Gasteiger partial charge in [-0.3, -0.25) is 0 Å².